The lowest BCUT2D eigenvalue weighted by molar-refractivity contribution is -0.274. The molecule has 2 unspecified atom stereocenters. The monoisotopic (exact) mass is 710 g/mol. The third-order valence-corrected chi connectivity index (χ3v) is 10.6. The summed E-state index contributed by atoms with van der Waals surface area (Å²) >= 11 is 1.26. The highest BCUT2D eigenvalue weighted by Gasteiger charge is 2.43. The van der Waals surface area contributed by atoms with Gasteiger partial charge in [-0.2, -0.15) is 8.42 Å². The van der Waals surface area contributed by atoms with E-state index in [0.717, 1.165) is 31.7 Å². The van der Waals surface area contributed by atoms with E-state index in [-0.39, 0.29) is 65.3 Å². The van der Waals surface area contributed by atoms with Crippen LogP contribution >= 0.6 is 11.3 Å². The van der Waals surface area contributed by atoms with Gasteiger partial charge in [-0.1, -0.05) is 28.6 Å². The van der Waals surface area contributed by atoms with Crippen LogP contribution in [0.25, 0.3) is 21.5 Å². The molecule has 11 nitrogen and oxygen atoms in total. The first-order chi connectivity index (χ1) is 22.8. The minimum absolute atomic E-state index is 0.00637. The van der Waals surface area contributed by atoms with Gasteiger partial charge in [-0.15, -0.1) is 13.2 Å². The number of aromatic nitrogens is 2. The first-order valence-electron chi connectivity index (χ1n) is 15.4. The molecule has 1 aliphatic carbocycles. The second kappa shape index (κ2) is 12.6. The summed E-state index contributed by atoms with van der Waals surface area (Å²) in [5.41, 5.74) is 1.18. The lowest BCUT2D eigenvalue weighted by Crippen LogP contribution is -2.45. The van der Waals surface area contributed by atoms with E-state index >= 15 is 4.39 Å². The van der Waals surface area contributed by atoms with E-state index in [9.17, 15) is 26.4 Å². The average Bonchev–Trinajstić information content (AvgIpc) is 3.52. The van der Waals surface area contributed by atoms with E-state index < -0.39 is 34.0 Å². The highest BCUT2D eigenvalue weighted by atomic mass is 32.2. The van der Waals surface area contributed by atoms with E-state index in [1.54, 1.807) is 6.07 Å². The first kappa shape index (κ1) is 32.7. The van der Waals surface area contributed by atoms with Crippen molar-refractivity contribution in [3.8, 4) is 17.0 Å². The van der Waals surface area contributed by atoms with Crippen molar-refractivity contribution in [3.05, 3.63) is 59.1 Å². The van der Waals surface area contributed by atoms with Crippen molar-refractivity contribution in [3.63, 3.8) is 0 Å². The summed E-state index contributed by atoms with van der Waals surface area (Å²) in [5, 5.41) is 7.14. The molecule has 3 aliphatic rings. The number of nitrogens with zero attached hydrogens (tertiary/aromatic N) is 3. The molecule has 2 atom stereocenters. The van der Waals surface area contributed by atoms with Crippen molar-refractivity contribution in [2.24, 2.45) is 0 Å². The lowest BCUT2D eigenvalue weighted by Gasteiger charge is -2.38. The van der Waals surface area contributed by atoms with Crippen LogP contribution in [0.15, 0.2) is 40.9 Å². The number of carbonyl (C=O) groups excluding carboxylic acids is 1. The maximum absolute atomic E-state index is 15.1. The molecule has 17 heteroatoms. The zero-order chi connectivity index (χ0) is 33.8. The number of fused-ring (bicyclic) bond motifs is 3. The number of ether oxygens (including phenoxy) is 2. The Balaban J connectivity index is 1.06. The number of benzene rings is 2. The van der Waals surface area contributed by atoms with Gasteiger partial charge in [0.15, 0.2) is 10.9 Å². The smallest absolute Gasteiger partial charge is 0.405 e. The highest BCUT2D eigenvalue weighted by molar-refractivity contribution is 7.85. The lowest BCUT2D eigenvalue weighted by atomic mass is 10.00. The van der Waals surface area contributed by atoms with Crippen LogP contribution in [-0.2, 0) is 21.5 Å². The number of thiazole rings is 1. The number of hydrogen-bond acceptors (Lipinski definition) is 10. The molecule has 2 aromatic heterocycles. The van der Waals surface area contributed by atoms with E-state index in [4.69, 9.17) is 13.8 Å². The van der Waals surface area contributed by atoms with Crippen molar-refractivity contribution in [2.45, 2.75) is 75.6 Å². The van der Waals surface area contributed by atoms with Crippen molar-refractivity contribution < 1.29 is 49.3 Å². The van der Waals surface area contributed by atoms with Gasteiger partial charge in [0.2, 0.25) is 0 Å². The molecule has 2 aromatic carbocycles. The van der Waals surface area contributed by atoms with Crippen LogP contribution in [0, 0.1) is 5.82 Å². The maximum atomic E-state index is 15.1. The summed E-state index contributed by atoms with van der Waals surface area (Å²) in [4.78, 5) is 19.3. The van der Waals surface area contributed by atoms with Crippen LogP contribution in [0.3, 0.4) is 0 Å². The van der Waals surface area contributed by atoms with Gasteiger partial charge >= 0.3 is 6.36 Å². The largest absolute Gasteiger partial charge is 0.573 e. The third kappa shape index (κ3) is 6.99. The quantitative estimate of drug-likeness (QED) is 0.136. The molecule has 4 aromatic rings. The minimum Gasteiger partial charge on any atom is -0.405 e. The van der Waals surface area contributed by atoms with Gasteiger partial charge in [-0.25, -0.2) is 9.37 Å². The number of amides is 1. The number of piperidine rings is 1. The molecule has 2 saturated heterocycles. The van der Waals surface area contributed by atoms with Crippen molar-refractivity contribution in [1.82, 2.24) is 15.5 Å². The van der Waals surface area contributed by atoms with Gasteiger partial charge in [0.25, 0.3) is 16.0 Å². The van der Waals surface area contributed by atoms with Crippen LogP contribution in [0.4, 0.5) is 22.7 Å². The fourth-order valence-electron chi connectivity index (χ4n) is 6.61. The maximum Gasteiger partial charge on any atom is 0.573 e. The molecule has 2 aliphatic heterocycles. The number of anilines is 1. The second-order valence-electron chi connectivity index (χ2n) is 12.2. The molecule has 2 bridgehead atoms. The van der Waals surface area contributed by atoms with E-state index in [2.05, 4.69) is 25.1 Å². The van der Waals surface area contributed by atoms with Gasteiger partial charge in [-0.3, -0.25) is 9.35 Å². The standard InChI is InChI=1S/C31H30F4N4O7S2/c32-23-11-17(29(40)36-9-10-48(41,42)43)12-25-27(23)37-30(47-25)39-18-7-8-19(39)14-20(13-18)44-15-22-26(38-46-28(22)16-5-6-16)21-3-1-2-4-24(21)45-31(33,34)35/h1-4,11-12,16,18-20H,5-10,13-15H2,(H,36,40)(H,41,42,43). The number of alkyl halides is 3. The molecule has 3 fully saturated rings. The second-order valence-corrected chi connectivity index (χ2v) is 14.8. The molecule has 256 valence electrons. The van der Waals surface area contributed by atoms with Crippen LogP contribution < -0.4 is 15.0 Å². The first-order valence-corrected chi connectivity index (χ1v) is 17.8. The van der Waals surface area contributed by atoms with Crippen molar-refractivity contribution in [1.29, 1.82) is 0 Å². The molecule has 1 amide bonds. The molecule has 4 heterocycles. The Kier molecular flexibility index (Phi) is 8.58. The molecule has 7 rings (SSSR count). The Hall–Kier alpha value is -3.80. The average molecular weight is 711 g/mol. The number of para-hydroxylation sites is 1. The van der Waals surface area contributed by atoms with Gasteiger partial charge in [0.1, 0.15) is 22.7 Å². The summed E-state index contributed by atoms with van der Waals surface area (Å²) < 4.78 is 102. The number of rotatable bonds is 11. The Labute approximate surface area is 275 Å². The van der Waals surface area contributed by atoms with Crippen LogP contribution in [0.2, 0.25) is 0 Å². The van der Waals surface area contributed by atoms with Crippen molar-refractivity contribution >= 4 is 42.7 Å². The van der Waals surface area contributed by atoms with Crippen LogP contribution in [0.5, 0.6) is 5.75 Å². The Morgan fingerprint density at radius 2 is 1.85 bits per heavy atom. The topological polar surface area (TPSA) is 144 Å². The Bertz CT molecular complexity index is 1950. The summed E-state index contributed by atoms with van der Waals surface area (Å²) in [6.45, 7) is -0.220. The molecule has 0 radical (unpaired) electrons. The van der Waals surface area contributed by atoms with E-state index in [1.807, 2.05) is 0 Å². The number of nitrogens with one attached hydrogen (secondary N) is 1. The number of halogens is 4. The van der Waals surface area contributed by atoms with Gasteiger partial charge in [0.05, 0.1) is 23.2 Å². The van der Waals surface area contributed by atoms with Gasteiger partial charge in [0, 0.05) is 41.2 Å². The summed E-state index contributed by atoms with van der Waals surface area (Å²) in [6.07, 6.45) is -0.173. The Morgan fingerprint density at radius 3 is 2.54 bits per heavy atom. The molecule has 48 heavy (non-hydrogen) atoms. The minimum atomic E-state index is -4.87. The Morgan fingerprint density at radius 1 is 1.12 bits per heavy atom. The fraction of sp³-hybridized carbons (Fsp3) is 0.452. The number of hydrogen-bond donors (Lipinski definition) is 2. The third-order valence-electron chi connectivity index (χ3n) is 8.85. The SMILES string of the molecule is O=C(NCCS(=O)(=O)O)c1cc(F)c2nc(N3C4CCC3CC(OCc3c(-c5ccccc5OC(F)(F)F)noc3C3CC3)C4)sc2c1. The predicted molar refractivity (Wildman–Crippen MR) is 166 cm³/mol. The predicted octanol–water partition coefficient (Wildman–Crippen LogP) is 6.20. The summed E-state index contributed by atoms with van der Waals surface area (Å²) in [7, 11) is -4.26. The molecule has 1 saturated carbocycles. The van der Waals surface area contributed by atoms with Crippen molar-refractivity contribution in [2.75, 3.05) is 17.2 Å². The zero-order valence-corrected chi connectivity index (χ0v) is 26.8. The normalized spacial score (nSPS) is 21.2. The summed E-state index contributed by atoms with van der Waals surface area (Å²) in [5.74, 6) is -1.63. The van der Waals surface area contributed by atoms with E-state index in [0.29, 0.717) is 34.0 Å². The zero-order valence-electron chi connectivity index (χ0n) is 25.2. The molecule has 2 N–H and O–H groups in total. The molecular formula is C31H30F4N4O7S2. The summed E-state index contributed by atoms with van der Waals surface area (Å²) in [6, 6.07) is 8.50. The molecular weight excluding hydrogens is 680 g/mol. The van der Waals surface area contributed by atoms with Crippen LogP contribution in [-0.4, -0.2) is 65.9 Å². The van der Waals surface area contributed by atoms with Crippen LogP contribution in [0.1, 0.15) is 66.1 Å². The fourth-order valence-corrected chi connectivity index (χ4v) is 8.13. The number of carbonyl (C=O) groups is 1. The molecule has 0 spiro atoms. The van der Waals surface area contributed by atoms with Gasteiger partial charge in [-0.05, 0) is 62.8 Å². The highest BCUT2D eigenvalue weighted by Crippen LogP contribution is 2.47. The van der Waals surface area contributed by atoms with Gasteiger partial charge < -0.3 is 24.2 Å². The van der Waals surface area contributed by atoms with E-state index in [1.165, 1.54) is 35.6 Å².